The minimum atomic E-state index is -0.367. The number of ether oxygens (including phenoxy) is 2. The van der Waals surface area contributed by atoms with Crippen LogP contribution in [0, 0.1) is 5.92 Å². The van der Waals surface area contributed by atoms with Crippen molar-refractivity contribution in [2.75, 3.05) is 7.11 Å². The Bertz CT molecular complexity index is 884. The molecule has 0 spiro atoms. The van der Waals surface area contributed by atoms with E-state index in [9.17, 15) is 4.79 Å². The van der Waals surface area contributed by atoms with Crippen LogP contribution in [0.3, 0.4) is 0 Å². The molecule has 0 aliphatic carbocycles. The summed E-state index contributed by atoms with van der Waals surface area (Å²) < 4.78 is 11.7. The highest BCUT2D eigenvalue weighted by Gasteiger charge is 2.26. The summed E-state index contributed by atoms with van der Waals surface area (Å²) in [5.74, 6) is 1.93. The maximum atomic E-state index is 12.9. The van der Waals surface area contributed by atoms with Crippen LogP contribution in [-0.2, 0) is 17.9 Å². The standard InChI is InChI=1S/C25H31NO3/c1-18(2)13-23(27)26(16-19-9-7-6-8-10-19)17-20-14-21-11-12-25(3,4)29-24(21)22(15-20)28-5/h6-12,14-15,18H,13,16-17H2,1-5H3. The normalized spacial score (nSPS) is 14.3. The quantitative estimate of drug-likeness (QED) is 0.627. The van der Waals surface area contributed by atoms with Gasteiger partial charge in [0.1, 0.15) is 5.60 Å². The third kappa shape index (κ3) is 5.41. The van der Waals surface area contributed by atoms with Gasteiger partial charge in [0, 0.05) is 25.1 Å². The van der Waals surface area contributed by atoms with Crippen molar-refractivity contribution in [2.45, 2.75) is 52.8 Å². The van der Waals surface area contributed by atoms with Gasteiger partial charge in [0.05, 0.1) is 7.11 Å². The minimum Gasteiger partial charge on any atom is -0.493 e. The lowest BCUT2D eigenvalue weighted by molar-refractivity contribution is -0.133. The highest BCUT2D eigenvalue weighted by atomic mass is 16.5. The molecule has 1 heterocycles. The minimum absolute atomic E-state index is 0.161. The molecule has 0 N–H and O–H groups in total. The largest absolute Gasteiger partial charge is 0.493 e. The van der Waals surface area contributed by atoms with Gasteiger partial charge in [0.15, 0.2) is 11.5 Å². The fourth-order valence-corrected chi connectivity index (χ4v) is 3.48. The Kier molecular flexibility index (Phi) is 6.31. The Morgan fingerprint density at radius 3 is 2.45 bits per heavy atom. The average molecular weight is 394 g/mol. The van der Waals surface area contributed by atoms with E-state index in [-0.39, 0.29) is 11.5 Å². The smallest absolute Gasteiger partial charge is 0.223 e. The van der Waals surface area contributed by atoms with Crippen molar-refractivity contribution >= 4 is 12.0 Å². The van der Waals surface area contributed by atoms with E-state index in [1.165, 1.54) is 0 Å². The molecule has 4 nitrogen and oxygen atoms in total. The van der Waals surface area contributed by atoms with Crippen LogP contribution in [0.15, 0.2) is 48.5 Å². The topological polar surface area (TPSA) is 38.8 Å². The molecule has 0 aromatic heterocycles. The van der Waals surface area contributed by atoms with Crippen LogP contribution in [-0.4, -0.2) is 23.5 Å². The Balaban J connectivity index is 1.89. The zero-order chi connectivity index (χ0) is 21.0. The van der Waals surface area contributed by atoms with Gasteiger partial charge in [-0.25, -0.2) is 0 Å². The van der Waals surface area contributed by atoms with Crippen molar-refractivity contribution in [1.29, 1.82) is 0 Å². The van der Waals surface area contributed by atoms with Crippen molar-refractivity contribution in [3.8, 4) is 11.5 Å². The molecule has 0 saturated carbocycles. The molecule has 0 fully saturated rings. The van der Waals surface area contributed by atoms with Gasteiger partial charge in [-0.3, -0.25) is 4.79 Å². The number of fused-ring (bicyclic) bond motifs is 1. The van der Waals surface area contributed by atoms with Gasteiger partial charge >= 0.3 is 0 Å². The summed E-state index contributed by atoms with van der Waals surface area (Å²) in [4.78, 5) is 14.9. The molecule has 2 aromatic rings. The lowest BCUT2D eigenvalue weighted by Gasteiger charge is -2.30. The van der Waals surface area contributed by atoms with E-state index in [1.54, 1.807) is 7.11 Å². The SMILES string of the molecule is COc1cc(CN(Cc2ccccc2)C(=O)CC(C)C)cc2c1OC(C)(C)C=C2. The maximum absolute atomic E-state index is 12.9. The maximum Gasteiger partial charge on any atom is 0.223 e. The lowest BCUT2D eigenvalue weighted by Crippen LogP contribution is -2.31. The van der Waals surface area contributed by atoms with E-state index in [0.29, 0.717) is 31.2 Å². The number of methoxy groups -OCH3 is 1. The van der Waals surface area contributed by atoms with Crippen LogP contribution in [0.25, 0.3) is 6.08 Å². The number of benzene rings is 2. The van der Waals surface area contributed by atoms with Crippen molar-refractivity contribution in [3.63, 3.8) is 0 Å². The predicted molar refractivity (Wildman–Crippen MR) is 117 cm³/mol. The molecule has 3 rings (SSSR count). The third-order valence-electron chi connectivity index (χ3n) is 4.92. The molecular formula is C25H31NO3. The van der Waals surface area contributed by atoms with Crippen molar-refractivity contribution in [2.24, 2.45) is 5.92 Å². The van der Waals surface area contributed by atoms with Gasteiger partial charge in [-0.15, -0.1) is 0 Å². The van der Waals surface area contributed by atoms with Gasteiger partial charge < -0.3 is 14.4 Å². The molecule has 2 aromatic carbocycles. The molecule has 1 amide bonds. The molecule has 0 saturated heterocycles. The van der Waals surface area contributed by atoms with Crippen LogP contribution < -0.4 is 9.47 Å². The molecule has 4 heteroatoms. The van der Waals surface area contributed by atoms with Crippen molar-refractivity contribution in [1.82, 2.24) is 4.90 Å². The Hall–Kier alpha value is -2.75. The number of amides is 1. The summed E-state index contributed by atoms with van der Waals surface area (Å²) in [5.41, 5.74) is 2.77. The van der Waals surface area contributed by atoms with Crippen LogP contribution >= 0.6 is 0 Å². The predicted octanol–water partition coefficient (Wildman–Crippen LogP) is 5.45. The first kappa shape index (κ1) is 21.0. The van der Waals surface area contributed by atoms with Crippen LogP contribution in [0.4, 0.5) is 0 Å². The molecule has 29 heavy (non-hydrogen) atoms. The summed E-state index contributed by atoms with van der Waals surface area (Å²) in [7, 11) is 1.65. The Morgan fingerprint density at radius 2 is 1.79 bits per heavy atom. The number of nitrogens with zero attached hydrogens (tertiary/aromatic N) is 1. The first-order valence-electron chi connectivity index (χ1n) is 10.2. The zero-order valence-electron chi connectivity index (χ0n) is 18.1. The fraction of sp³-hybridized carbons (Fsp3) is 0.400. The van der Waals surface area contributed by atoms with Gasteiger partial charge in [-0.2, -0.15) is 0 Å². The second kappa shape index (κ2) is 8.73. The average Bonchev–Trinajstić information content (AvgIpc) is 2.67. The first-order valence-corrected chi connectivity index (χ1v) is 10.2. The number of carbonyl (C=O) groups excluding carboxylic acids is 1. The van der Waals surface area contributed by atoms with E-state index < -0.39 is 0 Å². The van der Waals surface area contributed by atoms with E-state index in [2.05, 4.69) is 38.1 Å². The molecule has 1 aliphatic rings. The molecule has 0 radical (unpaired) electrons. The second-order valence-corrected chi connectivity index (χ2v) is 8.59. The molecule has 0 atom stereocenters. The Morgan fingerprint density at radius 1 is 1.10 bits per heavy atom. The van der Waals surface area contributed by atoms with Gasteiger partial charge in [0.25, 0.3) is 0 Å². The van der Waals surface area contributed by atoms with Crippen molar-refractivity contribution in [3.05, 3.63) is 65.2 Å². The van der Waals surface area contributed by atoms with Gasteiger partial charge in [0.2, 0.25) is 5.91 Å². The second-order valence-electron chi connectivity index (χ2n) is 8.59. The first-order chi connectivity index (χ1) is 13.8. The van der Waals surface area contributed by atoms with Crippen LogP contribution in [0.1, 0.15) is 50.8 Å². The van der Waals surface area contributed by atoms with E-state index in [0.717, 1.165) is 22.4 Å². The number of hydrogen-bond acceptors (Lipinski definition) is 3. The van der Waals surface area contributed by atoms with Gasteiger partial charge in [-0.1, -0.05) is 50.3 Å². The summed E-state index contributed by atoms with van der Waals surface area (Å²) >= 11 is 0. The summed E-state index contributed by atoms with van der Waals surface area (Å²) in [6.07, 6.45) is 4.65. The van der Waals surface area contributed by atoms with Crippen LogP contribution in [0.2, 0.25) is 0 Å². The van der Waals surface area contributed by atoms with Crippen molar-refractivity contribution < 1.29 is 14.3 Å². The summed E-state index contributed by atoms with van der Waals surface area (Å²) in [5, 5.41) is 0. The number of carbonyl (C=O) groups is 1. The molecule has 154 valence electrons. The van der Waals surface area contributed by atoms with Gasteiger partial charge in [-0.05, 0) is 49.1 Å². The lowest BCUT2D eigenvalue weighted by atomic mass is 9.99. The summed E-state index contributed by atoms with van der Waals surface area (Å²) in [6.45, 7) is 9.30. The Labute approximate surface area is 174 Å². The number of rotatable bonds is 7. The highest BCUT2D eigenvalue weighted by Crippen LogP contribution is 2.40. The van der Waals surface area contributed by atoms with Crippen LogP contribution in [0.5, 0.6) is 11.5 Å². The van der Waals surface area contributed by atoms with E-state index in [1.807, 2.05) is 49.1 Å². The molecule has 0 unspecified atom stereocenters. The molecule has 1 aliphatic heterocycles. The van der Waals surface area contributed by atoms with E-state index in [4.69, 9.17) is 9.47 Å². The summed E-state index contributed by atoms with van der Waals surface area (Å²) in [6, 6.07) is 14.2. The fourth-order valence-electron chi connectivity index (χ4n) is 3.48. The third-order valence-corrected chi connectivity index (χ3v) is 4.92. The highest BCUT2D eigenvalue weighted by molar-refractivity contribution is 5.76. The van der Waals surface area contributed by atoms with E-state index >= 15 is 0 Å². The monoisotopic (exact) mass is 393 g/mol. The molecular weight excluding hydrogens is 362 g/mol. The molecule has 0 bridgehead atoms. The zero-order valence-corrected chi connectivity index (χ0v) is 18.1. The number of hydrogen-bond donors (Lipinski definition) is 0.